The predicted molar refractivity (Wildman–Crippen MR) is 74.0 cm³/mol. The van der Waals surface area contributed by atoms with Gasteiger partial charge in [0.1, 0.15) is 4.47 Å². The van der Waals surface area contributed by atoms with Gasteiger partial charge in [-0.25, -0.2) is 0 Å². The maximum absolute atomic E-state index is 12.0. The first-order valence-electron chi connectivity index (χ1n) is 5.57. The zero-order chi connectivity index (χ0) is 14.5. The monoisotopic (exact) mass is 336 g/mol. The van der Waals surface area contributed by atoms with Crippen molar-refractivity contribution in [3.63, 3.8) is 0 Å². The highest BCUT2D eigenvalue weighted by molar-refractivity contribution is 9.10. The molecule has 0 bridgehead atoms. The van der Waals surface area contributed by atoms with Gasteiger partial charge in [-0.15, -0.1) is 0 Å². The SMILES string of the molecule is O=C(NCc1cccnn1)c1cccc([N+](=O)[O-])c1Br. The maximum Gasteiger partial charge on any atom is 0.284 e. The molecule has 0 aliphatic carbocycles. The zero-order valence-electron chi connectivity index (χ0n) is 10.1. The smallest absolute Gasteiger partial charge is 0.284 e. The molecule has 0 saturated carbocycles. The van der Waals surface area contributed by atoms with Crippen molar-refractivity contribution in [1.82, 2.24) is 15.5 Å². The van der Waals surface area contributed by atoms with Crippen molar-refractivity contribution in [2.24, 2.45) is 0 Å². The summed E-state index contributed by atoms with van der Waals surface area (Å²) in [6.45, 7) is 0.196. The average Bonchev–Trinajstić information content (AvgIpc) is 2.46. The fourth-order valence-electron chi connectivity index (χ4n) is 1.53. The molecular weight excluding hydrogens is 328 g/mol. The average molecular weight is 337 g/mol. The third kappa shape index (κ3) is 3.15. The molecule has 20 heavy (non-hydrogen) atoms. The minimum atomic E-state index is -0.552. The largest absolute Gasteiger partial charge is 0.346 e. The molecule has 0 fully saturated rings. The third-order valence-electron chi connectivity index (χ3n) is 2.48. The first kappa shape index (κ1) is 14.1. The summed E-state index contributed by atoms with van der Waals surface area (Å²) in [6.07, 6.45) is 1.53. The Morgan fingerprint density at radius 3 is 2.80 bits per heavy atom. The van der Waals surface area contributed by atoms with Crippen LogP contribution in [0.25, 0.3) is 0 Å². The summed E-state index contributed by atoms with van der Waals surface area (Å²) in [6, 6.07) is 7.71. The van der Waals surface area contributed by atoms with E-state index in [0.717, 1.165) is 0 Å². The fraction of sp³-hybridized carbons (Fsp3) is 0.0833. The lowest BCUT2D eigenvalue weighted by Crippen LogP contribution is -2.24. The lowest BCUT2D eigenvalue weighted by Gasteiger charge is -2.06. The van der Waals surface area contributed by atoms with E-state index in [1.54, 1.807) is 12.1 Å². The third-order valence-corrected chi connectivity index (χ3v) is 3.31. The summed E-state index contributed by atoms with van der Waals surface area (Å²) < 4.78 is 0.154. The summed E-state index contributed by atoms with van der Waals surface area (Å²) in [7, 11) is 0. The molecule has 102 valence electrons. The molecule has 0 atom stereocenters. The van der Waals surface area contributed by atoms with Crippen LogP contribution >= 0.6 is 15.9 Å². The molecular formula is C12H9BrN4O3. The predicted octanol–water partition coefficient (Wildman–Crippen LogP) is 2.08. The Hall–Kier alpha value is -2.35. The van der Waals surface area contributed by atoms with Crippen LogP contribution in [0.3, 0.4) is 0 Å². The molecule has 0 spiro atoms. The second kappa shape index (κ2) is 6.20. The van der Waals surface area contributed by atoms with E-state index in [4.69, 9.17) is 0 Å². The van der Waals surface area contributed by atoms with Crippen LogP contribution in [-0.2, 0) is 6.54 Å². The molecule has 0 radical (unpaired) electrons. The van der Waals surface area contributed by atoms with E-state index in [1.165, 1.54) is 24.4 Å². The topological polar surface area (TPSA) is 98.0 Å². The number of rotatable bonds is 4. The van der Waals surface area contributed by atoms with Crippen LogP contribution in [-0.4, -0.2) is 21.0 Å². The lowest BCUT2D eigenvalue weighted by atomic mass is 10.2. The van der Waals surface area contributed by atoms with Gasteiger partial charge < -0.3 is 5.32 Å². The number of aromatic nitrogens is 2. The second-order valence-electron chi connectivity index (χ2n) is 3.79. The van der Waals surface area contributed by atoms with Gasteiger partial charge >= 0.3 is 0 Å². The Balaban J connectivity index is 2.14. The summed E-state index contributed by atoms with van der Waals surface area (Å²) in [5.74, 6) is -0.425. The highest BCUT2D eigenvalue weighted by Crippen LogP contribution is 2.28. The highest BCUT2D eigenvalue weighted by atomic mass is 79.9. The van der Waals surface area contributed by atoms with E-state index in [0.29, 0.717) is 5.69 Å². The van der Waals surface area contributed by atoms with Gasteiger partial charge in [0.15, 0.2) is 0 Å². The van der Waals surface area contributed by atoms with Gasteiger partial charge in [-0.2, -0.15) is 10.2 Å². The molecule has 1 aromatic heterocycles. The molecule has 7 nitrogen and oxygen atoms in total. The van der Waals surface area contributed by atoms with Crippen LogP contribution in [0.15, 0.2) is 41.0 Å². The van der Waals surface area contributed by atoms with E-state index >= 15 is 0 Å². The lowest BCUT2D eigenvalue weighted by molar-refractivity contribution is -0.385. The van der Waals surface area contributed by atoms with Crippen molar-refractivity contribution in [3.05, 3.63) is 62.4 Å². The highest BCUT2D eigenvalue weighted by Gasteiger charge is 2.19. The standard InChI is InChI=1S/C12H9BrN4O3/c13-11-9(4-1-5-10(11)17(19)20)12(18)14-7-8-3-2-6-15-16-8/h1-6H,7H2,(H,14,18). The Kier molecular flexibility index (Phi) is 4.36. The van der Waals surface area contributed by atoms with Crippen molar-refractivity contribution in [1.29, 1.82) is 0 Å². The summed E-state index contributed by atoms with van der Waals surface area (Å²) in [5.41, 5.74) is 0.641. The van der Waals surface area contributed by atoms with Crippen LogP contribution in [0, 0.1) is 10.1 Å². The van der Waals surface area contributed by atoms with Crippen molar-refractivity contribution in [2.75, 3.05) is 0 Å². The normalized spacial score (nSPS) is 10.1. The molecule has 0 saturated heterocycles. The summed E-state index contributed by atoms with van der Waals surface area (Å²) >= 11 is 3.08. The molecule has 1 heterocycles. The molecule has 1 amide bonds. The molecule has 0 aliphatic rings. The number of benzene rings is 1. The number of nitrogens with one attached hydrogen (secondary N) is 1. The van der Waals surface area contributed by atoms with E-state index < -0.39 is 10.8 Å². The maximum atomic E-state index is 12.0. The van der Waals surface area contributed by atoms with Gasteiger partial charge in [-0.3, -0.25) is 14.9 Å². The zero-order valence-corrected chi connectivity index (χ0v) is 11.7. The molecule has 0 aliphatic heterocycles. The Morgan fingerprint density at radius 2 is 2.15 bits per heavy atom. The van der Waals surface area contributed by atoms with Crippen LogP contribution in [0.2, 0.25) is 0 Å². The number of hydrogen-bond acceptors (Lipinski definition) is 5. The number of halogens is 1. The van der Waals surface area contributed by atoms with Crippen molar-refractivity contribution >= 4 is 27.5 Å². The number of nitrogens with zero attached hydrogens (tertiary/aromatic N) is 3. The molecule has 8 heteroatoms. The van der Waals surface area contributed by atoms with Crippen molar-refractivity contribution < 1.29 is 9.72 Å². The van der Waals surface area contributed by atoms with E-state index in [2.05, 4.69) is 31.4 Å². The van der Waals surface area contributed by atoms with Gasteiger partial charge in [0.2, 0.25) is 0 Å². The Labute approximate surface area is 122 Å². The fourth-order valence-corrected chi connectivity index (χ4v) is 2.12. The number of carbonyl (C=O) groups excluding carboxylic acids is 1. The quantitative estimate of drug-likeness (QED) is 0.680. The molecule has 2 aromatic rings. The van der Waals surface area contributed by atoms with Gasteiger partial charge in [0.05, 0.1) is 22.7 Å². The Bertz CT molecular complexity index is 648. The molecule has 0 unspecified atom stereocenters. The molecule has 1 aromatic carbocycles. The van der Waals surface area contributed by atoms with E-state index in [9.17, 15) is 14.9 Å². The van der Waals surface area contributed by atoms with Crippen LogP contribution in [0.1, 0.15) is 16.1 Å². The van der Waals surface area contributed by atoms with Crippen LogP contribution < -0.4 is 5.32 Å². The van der Waals surface area contributed by atoms with Crippen LogP contribution in [0.5, 0.6) is 0 Å². The Morgan fingerprint density at radius 1 is 1.35 bits per heavy atom. The number of carbonyl (C=O) groups is 1. The van der Waals surface area contributed by atoms with Gasteiger partial charge in [-0.05, 0) is 34.1 Å². The minimum absolute atomic E-state index is 0.154. The molecule has 1 N–H and O–H groups in total. The summed E-state index contributed by atoms with van der Waals surface area (Å²) in [5, 5.41) is 20.9. The number of nitro benzene ring substituents is 1. The number of hydrogen-bond donors (Lipinski definition) is 1. The summed E-state index contributed by atoms with van der Waals surface area (Å²) in [4.78, 5) is 22.3. The van der Waals surface area contributed by atoms with E-state index in [-0.39, 0.29) is 22.3 Å². The minimum Gasteiger partial charge on any atom is -0.346 e. The second-order valence-corrected chi connectivity index (χ2v) is 4.59. The van der Waals surface area contributed by atoms with Crippen molar-refractivity contribution in [3.8, 4) is 0 Å². The molecule has 2 rings (SSSR count). The van der Waals surface area contributed by atoms with Gasteiger partial charge in [-0.1, -0.05) is 6.07 Å². The van der Waals surface area contributed by atoms with E-state index in [1.807, 2.05) is 0 Å². The first-order chi connectivity index (χ1) is 9.59. The van der Waals surface area contributed by atoms with Crippen molar-refractivity contribution in [2.45, 2.75) is 6.54 Å². The van der Waals surface area contributed by atoms with Gasteiger partial charge in [0.25, 0.3) is 11.6 Å². The first-order valence-corrected chi connectivity index (χ1v) is 6.36. The van der Waals surface area contributed by atoms with Crippen LogP contribution in [0.4, 0.5) is 5.69 Å². The number of amides is 1. The van der Waals surface area contributed by atoms with Gasteiger partial charge in [0, 0.05) is 12.3 Å². The number of nitro groups is 1.